The summed E-state index contributed by atoms with van der Waals surface area (Å²) < 4.78 is 5.32. The van der Waals surface area contributed by atoms with Gasteiger partial charge in [0.25, 0.3) is 0 Å². The van der Waals surface area contributed by atoms with Gasteiger partial charge in [-0.3, -0.25) is 10.3 Å². The first-order valence-electron chi connectivity index (χ1n) is 10.2. The number of ether oxygens (including phenoxy) is 1. The number of aliphatic imine (C=N–C) groups is 1. The highest BCUT2D eigenvalue weighted by Crippen LogP contribution is 2.08. The molecule has 0 spiro atoms. The largest absolute Gasteiger partial charge is 0.465 e. The van der Waals surface area contributed by atoms with Crippen LogP contribution < -0.4 is 21.3 Å². The molecule has 0 aromatic carbocycles. The van der Waals surface area contributed by atoms with Crippen molar-refractivity contribution in [1.29, 1.82) is 0 Å². The number of hydrogen-bond acceptors (Lipinski definition) is 5. The Hall–Kier alpha value is -2.03. The Bertz CT molecular complexity index is 477. The highest BCUT2D eigenvalue weighted by molar-refractivity contribution is 5.93. The van der Waals surface area contributed by atoms with Crippen molar-refractivity contribution in [1.82, 2.24) is 21.3 Å². The predicted octanol–water partition coefficient (Wildman–Crippen LogP) is 2.67. The van der Waals surface area contributed by atoms with E-state index < -0.39 is 17.8 Å². The molecule has 0 rings (SSSR count). The van der Waals surface area contributed by atoms with Gasteiger partial charge in [0.2, 0.25) is 5.96 Å². The molecular weight excluding hydrogens is 362 g/mol. The van der Waals surface area contributed by atoms with Gasteiger partial charge in [0.1, 0.15) is 5.60 Å². The van der Waals surface area contributed by atoms with Crippen molar-refractivity contribution in [3.8, 4) is 0 Å². The number of nitrogens with one attached hydrogen (secondary N) is 4. The first kappa shape index (κ1) is 26.0. The molecule has 0 saturated heterocycles. The predicted molar refractivity (Wildman–Crippen MR) is 112 cm³/mol. The van der Waals surface area contributed by atoms with E-state index in [0.717, 1.165) is 38.6 Å². The summed E-state index contributed by atoms with van der Waals surface area (Å²) in [5.41, 5.74) is -0.528. The van der Waals surface area contributed by atoms with Crippen LogP contribution in [-0.2, 0) is 4.74 Å². The molecule has 9 heteroatoms. The normalized spacial score (nSPS) is 13.0. The van der Waals surface area contributed by atoms with Crippen molar-refractivity contribution in [3.63, 3.8) is 0 Å². The molecule has 5 N–H and O–H groups in total. The maximum atomic E-state index is 12.0. The minimum absolute atomic E-state index is 0.0296. The Labute approximate surface area is 169 Å². The lowest BCUT2D eigenvalue weighted by Gasteiger charge is -2.24. The summed E-state index contributed by atoms with van der Waals surface area (Å²) >= 11 is 0. The fourth-order valence-corrected chi connectivity index (χ4v) is 2.34. The zero-order valence-electron chi connectivity index (χ0n) is 18.1. The van der Waals surface area contributed by atoms with Gasteiger partial charge in [-0.05, 0) is 53.0 Å². The van der Waals surface area contributed by atoms with Crippen LogP contribution in [0.2, 0.25) is 0 Å². The van der Waals surface area contributed by atoms with Gasteiger partial charge < -0.3 is 25.8 Å². The van der Waals surface area contributed by atoms with Crippen LogP contribution in [0.5, 0.6) is 0 Å². The topological polar surface area (TPSA) is 124 Å². The standard InChI is InChI=1S/C19H39N5O4/c1-6-8-12-21-16(24-17(25)26)22-13-10-9-11-15(14-20-7-2)23-18(27)28-19(3,4)5/h15,20H,6-14H2,1-5H3,(H,23,27)(H,25,26)(H2,21,22,24). The summed E-state index contributed by atoms with van der Waals surface area (Å²) in [6.45, 7) is 12.3. The van der Waals surface area contributed by atoms with Crippen molar-refractivity contribution in [2.45, 2.75) is 78.4 Å². The Morgan fingerprint density at radius 3 is 2.43 bits per heavy atom. The molecule has 0 aromatic heterocycles. The fourth-order valence-electron chi connectivity index (χ4n) is 2.34. The van der Waals surface area contributed by atoms with Crippen LogP contribution in [-0.4, -0.2) is 61.1 Å². The number of carbonyl (C=O) groups is 2. The first-order chi connectivity index (χ1) is 13.2. The number of carboxylic acid groups (broad SMARTS) is 1. The van der Waals surface area contributed by atoms with Crippen molar-refractivity contribution < 1.29 is 19.4 Å². The Morgan fingerprint density at radius 1 is 1.14 bits per heavy atom. The molecule has 2 amide bonds. The lowest BCUT2D eigenvalue weighted by molar-refractivity contribution is 0.0501. The number of alkyl carbamates (subject to hydrolysis) is 1. The highest BCUT2D eigenvalue weighted by atomic mass is 16.6. The smallest absolute Gasteiger partial charge is 0.411 e. The molecule has 1 atom stereocenters. The molecule has 164 valence electrons. The summed E-state index contributed by atoms with van der Waals surface area (Å²) in [5, 5.41) is 20.3. The van der Waals surface area contributed by atoms with Crippen molar-refractivity contribution in [2.24, 2.45) is 4.99 Å². The molecule has 0 radical (unpaired) electrons. The van der Waals surface area contributed by atoms with Crippen molar-refractivity contribution in [2.75, 3.05) is 26.2 Å². The zero-order valence-corrected chi connectivity index (χ0v) is 18.1. The molecule has 0 bridgehead atoms. The Balaban J connectivity index is 4.40. The average molecular weight is 402 g/mol. The number of unbranched alkanes of at least 4 members (excludes halogenated alkanes) is 2. The van der Waals surface area contributed by atoms with Crippen LogP contribution in [0, 0.1) is 0 Å². The fraction of sp³-hybridized carbons (Fsp3) is 0.842. The van der Waals surface area contributed by atoms with Gasteiger partial charge in [-0.2, -0.15) is 0 Å². The molecule has 0 heterocycles. The van der Waals surface area contributed by atoms with Crippen LogP contribution in [0.25, 0.3) is 0 Å². The van der Waals surface area contributed by atoms with Crippen molar-refractivity contribution >= 4 is 18.1 Å². The molecule has 0 aromatic rings. The summed E-state index contributed by atoms with van der Waals surface area (Å²) in [7, 11) is 0. The van der Waals surface area contributed by atoms with Gasteiger partial charge in [0.15, 0.2) is 0 Å². The summed E-state index contributed by atoms with van der Waals surface area (Å²) in [6, 6.07) is -0.0296. The Kier molecular flexibility index (Phi) is 13.9. The number of likely N-dealkylation sites (N-methyl/N-ethyl adjacent to an activating group) is 1. The summed E-state index contributed by atoms with van der Waals surface area (Å²) in [5.74, 6) is 0.289. The van der Waals surface area contributed by atoms with Gasteiger partial charge in [-0.1, -0.05) is 20.3 Å². The zero-order chi connectivity index (χ0) is 21.4. The van der Waals surface area contributed by atoms with E-state index in [9.17, 15) is 9.59 Å². The molecule has 9 nitrogen and oxygen atoms in total. The first-order valence-corrected chi connectivity index (χ1v) is 10.2. The van der Waals surface area contributed by atoms with Crippen LogP contribution in [0.15, 0.2) is 4.99 Å². The lowest BCUT2D eigenvalue weighted by Crippen LogP contribution is -2.44. The van der Waals surface area contributed by atoms with Crippen LogP contribution in [0.3, 0.4) is 0 Å². The van der Waals surface area contributed by atoms with Gasteiger partial charge in [0, 0.05) is 25.7 Å². The monoisotopic (exact) mass is 401 g/mol. The van der Waals surface area contributed by atoms with E-state index in [1.54, 1.807) is 0 Å². The molecule has 0 aliphatic rings. The molecule has 0 aliphatic heterocycles. The third kappa shape index (κ3) is 16.2. The Morgan fingerprint density at radius 2 is 1.86 bits per heavy atom. The lowest BCUT2D eigenvalue weighted by atomic mass is 10.1. The van der Waals surface area contributed by atoms with Crippen LogP contribution in [0.4, 0.5) is 9.59 Å². The minimum Gasteiger partial charge on any atom is -0.465 e. The van der Waals surface area contributed by atoms with Gasteiger partial charge >= 0.3 is 12.2 Å². The van der Waals surface area contributed by atoms with Gasteiger partial charge in [0.05, 0.1) is 0 Å². The maximum Gasteiger partial charge on any atom is 0.411 e. The van der Waals surface area contributed by atoms with E-state index in [2.05, 4.69) is 33.2 Å². The van der Waals surface area contributed by atoms with E-state index >= 15 is 0 Å². The van der Waals surface area contributed by atoms with Gasteiger partial charge in [-0.25, -0.2) is 9.59 Å². The van der Waals surface area contributed by atoms with Crippen molar-refractivity contribution in [3.05, 3.63) is 0 Å². The minimum atomic E-state index is -1.13. The van der Waals surface area contributed by atoms with E-state index in [4.69, 9.17) is 9.84 Å². The second-order valence-corrected chi connectivity index (χ2v) is 7.59. The molecule has 0 fully saturated rings. The highest BCUT2D eigenvalue weighted by Gasteiger charge is 2.19. The molecule has 1 unspecified atom stereocenters. The van der Waals surface area contributed by atoms with E-state index in [1.807, 2.05) is 27.7 Å². The van der Waals surface area contributed by atoms with Crippen LogP contribution in [0.1, 0.15) is 66.7 Å². The summed E-state index contributed by atoms with van der Waals surface area (Å²) in [6.07, 6.45) is 2.85. The quantitative estimate of drug-likeness (QED) is 0.195. The van der Waals surface area contributed by atoms with Gasteiger partial charge in [-0.15, -0.1) is 0 Å². The second-order valence-electron chi connectivity index (χ2n) is 7.59. The molecular formula is C19H39N5O4. The third-order valence-electron chi connectivity index (χ3n) is 3.64. The maximum absolute atomic E-state index is 12.0. The molecule has 0 aliphatic carbocycles. The van der Waals surface area contributed by atoms with E-state index in [-0.39, 0.29) is 12.0 Å². The van der Waals surface area contributed by atoms with Crippen LogP contribution >= 0.6 is 0 Å². The number of amides is 2. The number of nitrogens with zero attached hydrogens (tertiary/aromatic N) is 1. The average Bonchev–Trinajstić information content (AvgIpc) is 2.56. The molecule has 0 saturated carbocycles. The van der Waals surface area contributed by atoms with E-state index in [1.165, 1.54) is 0 Å². The number of carbonyl (C=O) groups excluding carboxylic acids is 1. The number of hydrogen-bond donors (Lipinski definition) is 5. The molecule has 28 heavy (non-hydrogen) atoms. The second kappa shape index (κ2) is 15.0. The summed E-state index contributed by atoms with van der Waals surface area (Å²) in [4.78, 5) is 27.1. The van der Waals surface area contributed by atoms with E-state index in [0.29, 0.717) is 19.6 Å². The third-order valence-corrected chi connectivity index (χ3v) is 3.64. The number of rotatable bonds is 12. The SMILES string of the molecule is CCCCNC(=NCCCCC(CNCC)NC(=O)OC(C)(C)C)NC(=O)O. The number of guanidine groups is 1.